The monoisotopic (exact) mass is 343 g/mol. The van der Waals surface area contributed by atoms with Gasteiger partial charge in [0.2, 0.25) is 0 Å². The van der Waals surface area contributed by atoms with Crippen LogP contribution in [0.25, 0.3) is 10.8 Å². The molecular formula is C17H14BrNO2. The predicted octanol–water partition coefficient (Wildman–Crippen LogP) is 4.69. The molecule has 1 aromatic heterocycles. The topological polar surface area (TPSA) is 42.2 Å². The van der Waals surface area contributed by atoms with Crippen molar-refractivity contribution in [3.05, 3.63) is 70.6 Å². The summed E-state index contributed by atoms with van der Waals surface area (Å²) in [7, 11) is 0. The number of amides is 1. The smallest absolute Gasteiger partial charge is 0.287 e. The van der Waals surface area contributed by atoms with Gasteiger partial charge in [0, 0.05) is 0 Å². The summed E-state index contributed by atoms with van der Waals surface area (Å²) in [5, 5.41) is 5.29. The summed E-state index contributed by atoms with van der Waals surface area (Å²) >= 11 is 3.19. The third-order valence-corrected chi connectivity index (χ3v) is 3.84. The Morgan fingerprint density at radius 1 is 1.10 bits per heavy atom. The van der Waals surface area contributed by atoms with Crippen LogP contribution in [0.3, 0.4) is 0 Å². The van der Waals surface area contributed by atoms with Crippen LogP contribution < -0.4 is 5.32 Å². The summed E-state index contributed by atoms with van der Waals surface area (Å²) < 4.78 is 5.80. The third-order valence-electron chi connectivity index (χ3n) is 3.42. The number of fused-ring (bicyclic) bond motifs is 1. The van der Waals surface area contributed by atoms with E-state index in [1.807, 2.05) is 25.1 Å². The molecule has 1 atom stereocenters. The molecular weight excluding hydrogens is 330 g/mol. The third kappa shape index (κ3) is 3.00. The van der Waals surface area contributed by atoms with E-state index in [2.05, 4.69) is 45.5 Å². The van der Waals surface area contributed by atoms with Gasteiger partial charge in [-0.2, -0.15) is 0 Å². The Hall–Kier alpha value is -2.07. The zero-order chi connectivity index (χ0) is 14.8. The highest BCUT2D eigenvalue weighted by molar-refractivity contribution is 9.10. The lowest BCUT2D eigenvalue weighted by molar-refractivity contribution is 0.0910. The minimum atomic E-state index is -0.221. The van der Waals surface area contributed by atoms with Crippen molar-refractivity contribution in [3.63, 3.8) is 0 Å². The normalized spacial score (nSPS) is 12.3. The lowest BCUT2D eigenvalue weighted by Crippen LogP contribution is -2.26. The number of carbonyl (C=O) groups is 1. The van der Waals surface area contributed by atoms with Gasteiger partial charge in [0.05, 0.1) is 6.04 Å². The molecule has 3 nitrogen and oxygen atoms in total. The van der Waals surface area contributed by atoms with Crippen LogP contribution in [0.15, 0.2) is 63.7 Å². The van der Waals surface area contributed by atoms with E-state index in [9.17, 15) is 4.79 Å². The second-order valence-electron chi connectivity index (χ2n) is 4.91. The summed E-state index contributed by atoms with van der Waals surface area (Å²) in [4.78, 5) is 12.1. The van der Waals surface area contributed by atoms with Crippen molar-refractivity contribution in [1.29, 1.82) is 0 Å². The minimum absolute atomic E-state index is 0.0917. The number of furan rings is 1. The summed E-state index contributed by atoms with van der Waals surface area (Å²) in [5.74, 6) is 0.0795. The van der Waals surface area contributed by atoms with E-state index in [0.29, 0.717) is 10.4 Å². The molecule has 4 heteroatoms. The van der Waals surface area contributed by atoms with E-state index in [1.54, 1.807) is 12.1 Å². The first-order chi connectivity index (χ1) is 10.1. The predicted molar refractivity (Wildman–Crippen MR) is 86.2 cm³/mol. The van der Waals surface area contributed by atoms with Gasteiger partial charge in [-0.1, -0.05) is 36.4 Å². The molecule has 21 heavy (non-hydrogen) atoms. The quantitative estimate of drug-likeness (QED) is 0.749. The lowest BCUT2D eigenvalue weighted by atomic mass is 10.0. The first-order valence-electron chi connectivity index (χ1n) is 6.68. The molecule has 3 rings (SSSR count). The van der Waals surface area contributed by atoms with Crippen LogP contribution in [-0.2, 0) is 0 Å². The van der Waals surface area contributed by atoms with Crippen molar-refractivity contribution >= 4 is 32.6 Å². The standard InChI is InChI=1S/C17H14BrNO2/c1-11(19-17(20)15-8-9-16(18)21-15)13-7-6-12-4-2-3-5-14(12)10-13/h2-11H,1H3,(H,19,20). The molecule has 3 aromatic rings. The van der Waals surface area contributed by atoms with Crippen LogP contribution in [0.4, 0.5) is 0 Å². The van der Waals surface area contributed by atoms with Crippen molar-refractivity contribution < 1.29 is 9.21 Å². The summed E-state index contributed by atoms with van der Waals surface area (Å²) in [5.41, 5.74) is 1.06. The number of hydrogen-bond acceptors (Lipinski definition) is 2. The summed E-state index contributed by atoms with van der Waals surface area (Å²) in [6.45, 7) is 1.96. The van der Waals surface area contributed by atoms with Gasteiger partial charge in [0.25, 0.3) is 5.91 Å². The van der Waals surface area contributed by atoms with E-state index < -0.39 is 0 Å². The van der Waals surface area contributed by atoms with Crippen LogP contribution in [-0.4, -0.2) is 5.91 Å². The van der Waals surface area contributed by atoms with Crippen LogP contribution >= 0.6 is 15.9 Å². The molecule has 1 heterocycles. The zero-order valence-electron chi connectivity index (χ0n) is 11.5. The van der Waals surface area contributed by atoms with Gasteiger partial charge in [-0.3, -0.25) is 4.79 Å². The Morgan fingerprint density at radius 2 is 1.86 bits per heavy atom. The Bertz CT molecular complexity index is 794. The van der Waals surface area contributed by atoms with Crippen molar-refractivity contribution in [2.24, 2.45) is 0 Å². The number of hydrogen-bond donors (Lipinski definition) is 1. The Kier molecular flexibility index (Phi) is 3.80. The fourth-order valence-corrected chi connectivity index (χ4v) is 2.57. The van der Waals surface area contributed by atoms with Gasteiger partial charge in [0.1, 0.15) is 0 Å². The van der Waals surface area contributed by atoms with Crippen molar-refractivity contribution in [3.8, 4) is 0 Å². The molecule has 0 saturated heterocycles. The molecule has 0 aliphatic heterocycles. The molecule has 0 fully saturated rings. The average molecular weight is 344 g/mol. The molecule has 106 valence electrons. The molecule has 0 aliphatic carbocycles. The van der Waals surface area contributed by atoms with Crippen LogP contribution in [0.5, 0.6) is 0 Å². The number of rotatable bonds is 3. The molecule has 1 amide bonds. The summed E-state index contributed by atoms with van der Waals surface area (Å²) in [6, 6.07) is 17.6. The Morgan fingerprint density at radius 3 is 2.57 bits per heavy atom. The van der Waals surface area contributed by atoms with Crippen LogP contribution in [0, 0.1) is 0 Å². The maximum Gasteiger partial charge on any atom is 0.287 e. The van der Waals surface area contributed by atoms with Crippen LogP contribution in [0.2, 0.25) is 0 Å². The molecule has 0 saturated carbocycles. The molecule has 1 N–H and O–H groups in total. The number of benzene rings is 2. The van der Waals surface area contributed by atoms with Gasteiger partial charge < -0.3 is 9.73 Å². The van der Waals surface area contributed by atoms with Crippen molar-refractivity contribution in [2.45, 2.75) is 13.0 Å². The fourth-order valence-electron chi connectivity index (χ4n) is 2.26. The van der Waals surface area contributed by atoms with E-state index in [4.69, 9.17) is 4.42 Å². The van der Waals surface area contributed by atoms with Crippen LogP contribution in [0.1, 0.15) is 29.1 Å². The van der Waals surface area contributed by atoms with Crippen molar-refractivity contribution in [1.82, 2.24) is 5.32 Å². The van der Waals surface area contributed by atoms with Gasteiger partial charge in [-0.05, 0) is 57.4 Å². The van der Waals surface area contributed by atoms with Gasteiger partial charge in [0.15, 0.2) is 10.4 Å². The second-order valence-corrected chi connectivity index (χ2v) is 5.69. The molecule has 0 bridgehead atoms. The number of halogens is 1. The van der Waals surface area contributed by atoms with Gasteiger partial charge >= 0.3 is 0 Å². The first kappa shape index (κ1) is 13.9. The Labute approximate surface area is 131 Å². The minimum Gasteiger partial charge on any atom is -0.444 e. The molecule has 0 aliphatic rings. The first-order valence-corrected chi connectivity index (χ1v) is 7.48. The highest BCUT2D eigenvalue weighted by atomic mass is 79.9. The highest BCUT2D eigenvalue weighted by Gasteiger charge is 2.14. The largest absolute Gasteiger partial charge is 0.444 e. The molecule has 2 aromatic carbocycles. The number of nitrogens with one attached hydrogen (secondary N) is 1. The SMILES string of the molecule is CC(NC(=O)c1ccc(Br)o1)c1ccc2ccccc2c1. The van der Waals surface area contributed by atoms with Gasteiger partial charge in [-0.15, -0.1) is 0 Å². The molecule has 0 spiro atoms. The van der Waals surface area contributed by atoms with E-state index in [-0.39, 0.29) is 11.9 Å². The number of carbonyl (C=O) groups excluding carboxylic acids is 1. The Balaban J connectivity index is 1.80. The lowest BCUT2D eigenvalue weighted by Gasteiger charge is -2.14. The fraction of sp³-hybridized carbons (Fsp3) is 0.118. The maximum absolute atomic E-state index is 12.1. The second kappa shape index (κ2) is 5.74. The average Bonchev–Trinajstić information content (AvgIpc) is 2.93. The maximum atomic E-state index is 12.1. The van der Waals surface area contributed by atoms with E-state index in [1.165, 1.54) is 5.39 Å². The molecule has 1 unspecified atom stereocenters. The summed E-state index contributed by atoms with van der Waals surface area (Å²) in [6.07, 6.45) is 0. The van der Waals surface area contributed by atoms with Gasteiger partial charge in [-0.25, -0.2) is 0 Å². The van der Waals surface area contributed by atoms with Crippen molar-refractivity contribution in [2.75, 3.05) is 0 Å². The van der Waals surface area contributed by atoms with E-state index in [0.717, 1.165) is 10.9 Å². The molecule has 0 radical (unpaired) electrons. The van der Waals surface area contributed by atoms with E-state index >= 15 is 0 Å². The zero-order valence-corrected chi connectivity index (χ0v) is 13.1. The highest BCUT2D eigenvalue weighted by Crippen LogP contribution is 2.21.